The maximum Gasteiger partial charge on any atom is 0.255 e. The number of rotatable bonds is 7. The second kappa shape index (κ2) is 6.93. The van der Waals surface area contributed by atoms with E-state index in [2.05, 4.69) is 17.2 Å². The molecule has 0 bridgehead atoms. The van der Waals surface area contributed by atoms with Gasteiger partial charge in [0.05, 0.1) is 10.6 Å². The van der Waals surface area contributed by atoms with E-state index >= 15 is 0 Å². The van der Waals surface area contributed by atoms with Gasteiger partial charge in [-0.25, -0.2) is 4.98 Å². The van der Waals surface area contributed by atoms with Crippen molar-refractivity contribution in [1.82, 2.24) is 9.88 Å². The molecule has 1 N–H and O–H groups in total. The van der Waals surface area contributed by atoms with Crippen LogP contribution in [0, 0.1) is 0 Å². The van der Waals surface area contributed by atoms with Gasteiger partial charge in [-0.1, -0.05) is 24.9 Å². The summed E-state index contributed by atoms with van der Waals surface area (Å²) in [6.07, 6.45) is 5.99. The second-order valence-corrected chi connectivity index (χ2v) is 5.58. The van der Waals surface area contributed by atoms with E-state index in [0.29, 0.717) is 22.4 Å². The molecule has 0 unspecified atom stereocenters. The van der Waals surface area contributed by atoms with Crippen LogP contribution >= 0.6 is 11.6 Å². The summed E-state index contributed by atoms with van der Waals surface area (Å²) >= 11 is 6.16. The van der Waals surface area contributed by atoms with Crippen LogP contribution in [0.1, 0.15) is 49.9 Å². The van der Waals surface area contributed by atoms with Gasteiger partial charge in [0.15, 0.2) is 0 Å². The molecule has 0 atom stereocenters. The number of carbonyl (C=O) groups excluding carboxylic acids is 1. The number of hydrogen-bond acceptors (Lipinski definition) is 3. The van der Waals surface area contributed by atoms with Gasteiger partial charge in [0, 0.05) is 25.3 Å². The SMILES string of the molecule is CCCCN(C(=O)c1cnc(NCC)c(Cl)c1)C1CC1. The van der Waals surface area contributed by atoms with Crippen LogP contribution in [0.2, 0.25) is 5.02 Å². The second-order valence-electron chi connectivity index (χ2n) is 5.17. The number of unbranched alkanes of at least 4 members (excludes halogenated alkanes) is 1. The molecule has 2 rings (SSSR count). The number of amides is 1. The Labute approximate surface area is 125 Å². The summed E-state index contributed by atoms with van der Waals surface area (Å²) in [5.74, 6) is 0.690. The van der Waals surface area contributed by atoms with Crippen molar-refractivity contribution < 1.29 is 4.79 Å². The molecule has 110 valence electrons. The molecule has 1 aliphatic carbocycles. The zero-order valence-electron chi connectivity index (χ0n) is 12.2. The highest BCUT2D eigenvalue weighted by Crippen LogP contribution is 2.29. The molecule has 1 aromatic rings. The Morgan fingerprint density at radius 1 is 1.50 bits per heavy atom. The molecule has 1 aromatic heterocycles. The Kier molecular flexibility index (Phi) is 5.24. The molecule has 0 radical (unpaired) electrons. The lowest BCUT2D eigenvalue weighted by molar-refractivity contribution is 0.0740. The van der Waals surface area contributed by atoms with Gasteiger partial charge in [0.1, 0.15) is 5.82 Å². The van der Waals surface area contributed by atoms with E-state index in [1.807, 2.05) is 11.8 Å². The summed E-state index contributed by atoms with van der Waals surface area (Å²) < 4.78 is 0. The highest BCUT2D eigenvalue weighted by molar-refractivity contribution is 6.33. The molecule has 1 heterocycles. The molecule has 0 aliphatic heterocycles. The number of nitrogens with zero attached hydrogens (tertiary/aromatic N) is 2. The smallest absolute Gasteiger partial charge is 0.255 e. The lowest BCUT2D eigenvalue weighted by Crippen LogP contribution is -2.34. The summed E-state index contributed by atoms with van der Waals surface area (Å²) in [5.41, 5.74) is 0.583. The monoisotopic (exact) mass is 295 g/mol. The molecule has 1 saturated carbocycles. The van der Waals surface area contributed by atoms with Crippen molar-refractivity contribution >= 4 is 23.3 Å². The van der Waals surface area contributed by atoms with Crippen LogP contribution in [-0.4, -0.2) is 34.9 Å². The third-order valence-corrected chi connectivity index (χ3v) is 3.72. The molecule has 0 aromatic carbocycles. The van der Waals surface area contributed by atoms with Crippen molar-refractivity contribution in [1.29, 1.82) is 0 Å². The van der Waals surface area contributed by atoms with Gasteiger partial charge in [0.2, 0.25) is 0 Å². The number of pyridine rings is 1. The third-order valence-electron chi connectivity index (χ3n) is 3.43. The molecule has 0 saturated heterocycles. The Balaban J connectivity index is 2.12. The van der Waals surface area contributed by atoms with Gasteiger partial charge in [-0.05, 0) is 32.3 Å². The van der Waals surface area contributed by atoms with E-state index in [1.165, 1.54) is 0 Å². The van der Waals surface area contributed by atoms with Crippen molar-refractivity contribution in [3.63, 3.8) is 0 Å². The molecular weight excluding hydrogens is 274 g/mol. The fourth-order valence-corrected chi connectivity index (χ4v) is 2.42. The summed E-state index contributed by atoms with van der Waals surface area (Å²) in [7, 11) is 0. The molecular formula is C15H22ClN3O. The van der Waals surface area contributed by atoms with Crippen LogP contribution < -0.4 is 5.32 Å². The van der Waals surface area contributed by atoms with Crippen molar-refractivity contribution in [2.24, 2.45) is 0 Å². The molecule has 1 fully saturated rings. The Hall–Kier alpha value is -1.29. The first-order valence-corrected chi connectivity index (χ1v) is 7.75. The van der Waals surface area contributed by atoms with Crippen LogP contribution in [0.3, 0.4) is 0 Å². The molecule has 1 aliphatic rings. The maximum atomic E-state index is 12.6. The molecule has 5 heteroatoms. The minimum absolute atomic E-state index is 0.0541. The lowest BCUT2D eigenvalue weighted by Gasteiger charge is -2.22. The number of carbonyl (C=O) groups is 1. The average Bonchev–Trinajstić information content (AvgIpc) is 3.26. The minimum Gasteiger partial charge on any atom is -0.369 e. The summed E-state index contributed by atoms with van der Waals surface area (Å²) in [5, 5.41) is 3.58. The Bertz CT molecular complexity index is 474. The summed E-state index contributed by atoms with van der Waals surface area (Å²) in [6.45, 7) is 5.70. The molecule has 20 heavy (non-hydrogen) atoms. The lowest BCUT2D eigenvalue weighted by atomic mass is 10.2. The Morgan fingerprint density at radius 3 is 2.80 bits per heavy atom. The van der Waals surface area contributed by atoms with Crippen molar-refractivity contribution in [3.05, 3.63) is 22.8 Å². The van der Waals surface area contributed by atoms with Crippen molar-refractivity contribution in [3.8, 4) is 0 Å². The largest absolute Gasteiger partial charge is 0.369 e. The average molecular weight is 296 g/mol. The van der Waals surface area contributed by atoms with Gasteiger partial charge in [0.25, 0.3) is 5.91 Å². The van der Waals surface area contributed by atoms with E-state index in [9.17, 15) is 4.79 Å². The maximum absolute atomic E-state index is 12.6. The van der Waals surface area contributed by atoms with E-state index < -0.39 is 0 Å². The first kappa shape index (κ1) is 15.1. The van der Waals surface area contributed by atoms with Crippen molar-refractivity contribution in [2.75, 3.05) is 18.4 Å². The number of nitrogens with one attached hydrogen (secondary N) is 1. The van der Waals surface area contributed by atoms with Crippen LogP contribution in [-0.2, 0) is 0 Å². The number of aromatic nitrogens is 1. The highest BCUT2D eigenvalue weighted by Gasteiger charge is 2.32. The van der Waals surface area contributed by atoms with Gasteiger partial charge in [-0.2, -0.15) is 0 Å². The van der Waals surface area contributed by atoms with E-state index in [1.54, 1.807) is 12.3 Å². The Morgan fingerprint density at radius 2 is 2.25 bits per heavy atom. The first-order chi connectivity index (χ1) is 9.67. The van der Waals surface area contributed by atoms with Crippen LogP contribution in [0.4, 0.5) is 5.82 Å². The number of hydrogen-bond donors (Lipinski definition) is 1. The zero-order chi connectivity index (χ0) is 14.5. The van der Waals surface area contributed by atoms with Gasteiger partial charge >= 0.3 is 0 Å². The normalized spacial score (nSPS) is 14.2. The summed E-state index contributed by atoms with van der Waals surface area (Å²) in [6, 6.07) is 2.14. The molecule has 4 nitrogen and oxygen atoms in total. The van der Waals surface area contributed by atoms with Gasteiger partial charge in [-0.3, -0.25) is 4.79 Å². The predicted octanol–water partition coefficient (Wildman–Crippen LogP) is 3.57. The van der Waals surface area contributed by atoms with Crippen LogP contribution in [0.25, 0.3) is 0 Å². The summed E-state index contributed by atoms with van der Waals surface area (Å²) in [4.78, 5) is 18.8. The fraction of sp³-hybridized carbons (Fsp3) is 0.600. The third kappa shape index (κ3) is 3.63. The van der Waals surface area contributed by atoms with Gasteiger partial charge in [-0.15, -0.1) is 0 Å². The van der Waals surface area contributed by atoms with Gasteiger partial charge < -0.3 is 10.2 Å². The number of anilines is 1. The molecule has 1 amide bonds. The van der Waals surface area contributed by atoms with Crippen molar-refractivity contribution in [2.45, 2.75) is 45.6 Å². The first-order valence-electron chi connectivity index (χ1n) is 7.37. The molecule has 0 spiro atoms. The standard InChI is InChI=1S/C15H22ClN3O/c1-3-5-8-19(12-6-7-12)15(20)11-9-13(16)14(17-4-2)18-10-11/h9-10,12H,3-8H2,1-2H3,(H,17,18). The van der Waals surface area contributed by atoms with E-state index in [-0.39, 0.29) is 5.91 Å². The minimum atomic E-state index is 0.0541. The van der Waals surface area contributed by atoms with Crippen LogP contribution in [0.15, 0.2) is 12.3 Å². The topological polar surface area (TPSA) is 45.2 Å². The quantitative estimate of drug-likeness (QED) is 0.836. The van der Waals surface area contributed by atoms with E-state index in [0.717, 1.165) is 38.8 Å². The number of halogens is 1. The zero-order valence-corrected chi connectivity index (χ0v) is 12.9. The fourth-order valence-electron chi connectivity index (χ4n) is 2.18. The van der Waals surface area contributed by atoms with E-state index in [4.69, 9.17) is 11.6 Å². The highest BCUT2D eigenvalue weighted by atomic mass is 35.5. The predicted molar refractivity (Wildman–Crippen MR) is 82.4 cm³/mol. The van der Waals surface area contributed by atoms with Crippen LogP contribution in [0.5, 0.6) is 0 Å².